The number of thiazole rings is 1. The summed E-state index contributed by atoms with van der Waals surface area (Å²) in [5, 5.41) is 14.8. The molecule has 0 atom stereocenters. The SMILES string of the molecule is CC(C)CCC(C)(C)CNC(=O)c1cc(-c2cnc(NC(=O)Nc3cc(C(F)(F)F)ccc3F)s2)nc2[nH]ncc12. The van der Waals surface area contributed by atoms with Gasteiger partial charge in [0, 0.05) is 12.7 Å². The molecule has 4 aromatic rings. The number of aromatic amines is 1. The number of anilines is 2. The van der Waals surface area contributed by atoms with Gasteiger partial charge in [-0.15, -0.1) is 0 Å². The van der Waals surface area contributed by atoms with Gasteiger partial charge < -0.3 is 10.6 Å². The zero-order valence-electron chi connectivity index (χ0n) is 22.7. The minimum atomic E-state index is -4.70. The first-order valence-corrected chi connectivity index (χ1v) is 13.6. The molecule has 0 aliphatic heterocycles. The fourth-order valence-corrected chi connectivity index (χ4v) is 4.70. The molecule has 0 radical (unpaired) electrons. The first kappa shape index (κ1) is 29.9. The summed E-state index contributed by atoms with van der Waals surface area (Å²) >= 11 is 1.01. The van der Waals surface area contributed by atoms with Gasteiger partial charge in [0.1, 0.15) is 5.82 Å². The largest absolute Gasteiger partial charge is 0.416 e. The minimum absolute atomic E-state index is 0.0781. The fourth-order valence-electron chi connectivity index (χ4n) is 3.92. The Bertz CT molecular complexity index is 1560. The molecule has 9 nitrogen and oxygen atoms in total. The number of nitrogens with one attached hydrogen (secondary N) is 4. The monoisotopic (exact) mass is 591 g/mol. The van der Waals surface area contributed by atoms with Crippen LogP contribution >= 0.6 is 11.3 Å². The summed E-state index contributed by atoms with van der Waals surface area (Å²) in [7, 11) is 0. The lowest BCUT2D eigenvalue weighted by molar-refractivity contribution is -0.137. The number of carbonyl (C=O) groups excluding carboxylic acids is 2. The Labute approximate surface area is 237 Å². The van der Waals surface area contributed by atoms with Crippen molar-refractivity contribution in [3.63, 3.8) is 0 Å². The smallest absolute Gasteiger partial charge is 0.351 e. The van der Waals surface area contributed by atoms with E-state index < -0.39 is 29.3 Å². The first-order valence-electron chi connectivity index (χ1n) is 12.7. The molecule has 0 aliphatic rings. The molecule has 0 fully saturated rings. The molecule has 0 aliphatic carbocycles. The molecular formula is C27H29F4N7O2S. The van der Waals surface area contributed by atoms with Crippen LogP contribution in [0.4, 0.5) is 33.2 Å². The molecule has 14 heteroatoms. The summed E-state index contributed by atoms with van der Waals surface area (Å²) in [5.41, 5.74) is -0.707. The molecule has 41 heavy (non-hydrogen) atoms. The number of hydrogen-bond acceptors (Lipinski definition) is 6. The van der Waals surface area contributed by atoms with Crippen LogP contribution in [0.5, 0.6) is 0 Å². The summed E-state index contributed by atoms with van der Waals surface area (Å²) in [6.45, 7) is 9.00. The fraction of sp³-hybridized carbons (Fsp3) is 0.370. The van der Waals surface area contributed by atoms with E-state index in [0.717, 1.165) is 24.2 Å². The Kier molecular flexibility index (Phi) is 8.61. The standard InChI is InChI=1S/C27H29F4N7O2S/c1-14(2)7-8-26(3,4)13-33-23(39)16-10-20(35-22-17(16)11-34-38-22)21-12-32-25(41-21)37-24(40)36-19-9-15(27(29,30)31)5-6-18(19)28/h5-6,9-12,14H,7-8,13H2,1-4H3,(H,33,39)(H,34,35,38)(H2,32,36,37,40). The van der Waals surface area contributed by atoms with Crippen LogP contribution in [0.15, 0.2) is 36.7 Å². The summed E-state index contributed by atoms with van der Waals surface area (Å²) in [6, 6.07) is 2.32. The highest BCUT2D eigenvalue weighted by atomic mass is 32.1. The van der Waals surface area contributed by atoms with Gasteiger partial charge in [-0.3, -0.25) is 15.2 Å². The van der Waals surface area contributed by atoms with Crippen LogP contribution in [-0.4, -0.2) is 38.6 Å². The van der Waals surface area contributed by atoms with E-state index in [4.69, 9.17) is 0 Å². The molecule has 0 unspecified atom stereocenters. The van der Waals surface area contributed by atoms with Crippen LogP contribution in [0.1, 0.15) is 56.5 Å². The third-order valence-corrected chi connectivity index (χ3v) is 7.25. The van der Waals surface area contributed by atoms with Crippen molar-refractivity contribution in [2.24, 2.45) is 11.3 Å². The average molecular weight is 592 g/mol. The number of H-pyrrole nitrogens is 1. The Morgan fingerprint density at radius 2 is 1.85 bits per heavy atom. The van der Waals surface area contributed by atoms with Crippen LogP contribution in [0.3, 0.4) is 0 Å². The normalized spacial score (nSPS) is 12.1. The molecule has 4 rings (SSSR count). The maximum absolute atomic E-state index is 14.0. The maximum atomic E-state index is 14.0. The van der Waals surface area contributed by atoms with Crippen molar-refractivity contribution in [3.8, 4) is 10.6 Å². The van der Waals surface area contributed by atoms with Gasteiger partial charge in [-0.25, -0.2) is 19.2 Å². The van der Waals surface area contributed by atoms with Crippen molar-refractivity contribution in [1.29, 1.82) is 0 Å². The van der Waals surface area contributed by atoms with Crippen molar-refractivity contribution in [3.05, 3.63) is 53.6 Å². The molecule has 3 amide bonds. The van der Waals surface area contributed by atoms with E-state index in [0.29, 0.717) is 57.8 Å². The van der Waals surface area contributed by atoms with Crippen LogP contribution in [0.25, 0.3) is 21.6 Å². The highest BCUT2D eigenvalue weighted by molar-refractivity contribution is 7.19. The van der Waals surface area contributed by atoms with E-state index in [-0.39, 0.29) is 16.5 Å². The van der Waals surface area contributed by atoms with Crippen molar-refractivity contribution >= 4 is 45.1 Å². The third kappa shape index (κ3) is 7.57. The van der Waals surface area contributed by atoms with Crippen molar-refractivity contribution in [1.82, 2.24) is 25.5 Å². The molecule has 0 saturated heterocycles. The summed E-state index contributed by atoms with van der Waals surface area (Å²) in [4.78, 5) is 34.7. The van der Waals surface area contributed by atoms with Gasteiger partial charge in [-0.1, -0.05) is 45.5 Å². The molecule has 3 aromatic heterocycles. The number of fused-ring (bicyclic) bond motifs is 1. The van der Waals surface area contributed by atoms with Gasteiger partial charge in [0.2, 0.25) is 0 Å². The summed E-state index contributed by atoms with van der Waals surface area (Å²) in [6.07, 6.45) is 0.239. The number of hydrogen-bond donors (Lipinski definition) is 4. The zero-order chi connectivity index (χ0) is 29.9. The summed E-state index contributed by atoms with van der Waals surface area (Å²) in [5.74, 6) is -0.757. The van der Waals surface area contributed by atoms with E-state index in [9.17, 15) is 27.2 Å². The van der Waals surface area contributed by atoms with E-state index in [1.165, 1.54) is 12.4 Å². The average Bonchev–Trinajstić information content (AvgIpc) is 3.56. The zero-order valence-corrected chi connectivity index (χ0v) is 23.6. The number of urea groups is 1. The molecular weight excluding hydrogens is 562 g/mol. The molecule has 3 heterocycles. The van der Waals surface area contributed by atoms with Gasteiger partial charge in [0.15, 0.2) is 10.8 Å². The lowest BCUT2D eigenvalue weighted by atomic mass is 9.85. The van der Waals surface area contributed by atoms with Gasteiger partial charge >= 0.3 is 12.2 Å². The van der Waals surface area contributed by atoms with E-state index in [1.54, 1.807) is 6.07 Å². The molecule has 0 spiro atoms. The molecule has 1 aromatic carbocycles. The van der Waals surface area contributed by atoms with E-state index >= 15 is 0 Å². The van der Waals surface area contributed by atoms with Gasteiger partial charge in [-0.2, -0.15) is 18.3 Å². The summed E-state index contributed by atoms with van der Waals surface area (Å²) < 4.78 is 52.9. The highest BCUT2D eigenvalue weighted by Crippen LogP contribution is 2.33. The second kappa shape index (κ2) is 11.8. The van der Waals surface area contributed by atoms with Crippen molar-refractivity contribution < 1.29 is 27.2 Å². The molecule has 0 bridgehead atoms. The first-order chi connectivity index (χ1) is 19.2. The third-order valence-electron chi connectivity index (χ3n) is 6.31. The predicted molar refractivity (Wildman–Crippen MR) is 149 cm³/mol. The number of nitrogens with zero attached hydrogens (tertiary/aromatic N) is 3. The van der Waals surface area contributed by atoms with E-state index in [1.807, 2.05) is 0 Å². The Morgan fingerprint density at radius 1 is 1.10 bits per heavy atom. The topological polar surface area (TPSA) is 125 Å². The lowest BCUT2D eigenvalue weighted by Crippen LogP contribution is -2.34. The number of rotatable bonds is 9. The Hall–Kier alpha value is -4.07. The van der Waals surface area contributed by atoms with Gasteiger partial charge in [-0.05, 0) is 42.0 Å². The Morgan fingerprint density at radius 3 is 2.56 bits per heavy atom. The van der Waals surface area contributed by atoms with E-state index in [2.05, 4.69) is 63.8 Å². The number of halogens is 4. The van der Waals surface area contributed by atoms with Crippen molar-refractivity contribution in [2.45, 2.75) is 46.7 Å². The van der Waals surface area contributed by atoms with Crippen LogP contribution in [0, 0.1) is 17.2 Å². The molecule has 218 valence electrons. The molecule has 4 N–H and O–H groups in total. The lowest BCUT2D eigenvalue weighted by Gasteiger charge is -2.26. The van der Waals surface area contributed by atoms with Gasteiger partial charge in [0.25, 0.3) is 5.91 Å². The van der Waals surface area contributed by atoms with Crippen LogP contribution < -0.4 is 16.0 Å². The van der Waals surface area contributed by atoms with Gasteiger partial charge in [0.05, 0.1) is 39.0 Å². The molecule has 0 saturated carbocycles. The number of amides is 3. The van der Waals surface area contributed by atoms with Crippen molar-refractivity contribution in [2.75, 3.05) is 17.2 Å². The second-order valence-corrected chi connectivity index (χ2v) is 11.8. The van der Waals surface area contributed by atoms with Crippen LogP contribution in [0.2, 0.25) is 0 Å². The predicted octanol–water partition coefficient (Wildman–Crippen LogP) is 7.08. The number of alkyl halides is 3. The maximum Gasteiger partial charge on any atom is 0.416 e. The highest BCUT2D eigenvalue weighted by Gasteiger charge is 2.31. The van der Waals surface area contributed by atoms with Crippen LogP contribution in [-0.2, 0) is 6.18 Å². The number of benzene rings is 1. The number of aromatic nitrogens is 4. The quantitative estimate of drug-likeness (QED) is 0.155. The minimum Gasteiger partial charge on any atom is -0.351 e. The second-order valence-electron chi connectivity index (χ2n) is 10.8. The number of pyridine rings is 1. The number of carbonyl (C=O) groups is 2. The Balaban J connectivity index is 1.49.